The van der Waals surface area contributed by atoms with Gasteiger partial charge in [-0.25, -0.2) is 0 Å². The zero-order chi connectivity index (χ0) is 12.3. The summed E-state index contributed by atoms with van der Waals surface area (Å²) in [4.78, 5) is 0. The van der Waals surface area contributed by atoms with Crippen molar-refractivity contribution in [3.8, 4) is 5.75 Å². The molecule has 0 fully saturated rings. The highest BCUT2D eigenvalue weighted by atomic mass is 79.9. The van der Waals surface area contributed by atoms with Crippen LogP contribution in [0.25, 0.3) is 0 Å². The van der Waals surface area contributed by atoms with E-state index in [1.807, 2.05) is 13.0 Å². The Labute approximate surface area is 111 Å². The molecule has 0 spiro atoms. The van der Waals surface area contributed by atoms with Crippen molar-refractivity contribution >= 4 is 27.5 Å². The predicted octanol–water partition coefficient (Wildman–Crippen LogP) is 4.85. The smallest absolute Gasteiger partial charge is 0.125 e. The van der Waals surface area contributed by atoms with Crippen molar-refractivity contribution in [1.29, 1.82) is 0 Å². The summed E-state index contributed by atoms with van der Waals surface area (Å²) in [5, 5.41) is 1.82. The number of rotatable bonds is 4. The van der Waals surface area contributed by atoms with Crippen LogP contribution in [0.15, 0.2) is 6.07 Å². The molecule has 0 saturated carbocycles. The first kappa shape index (κ1) is 13.9. The highest BCUT2D eigenvalue weighted by Crippen LogP contribution is 2.38. The van der Waals surface area contributed by atoms with Crippen molar-refractivity contribution in [2.75, 3.05) is 12.4 Å². The van der Waals surface area contributed by atoms with Crippen molar-refractivity contribution in [2.24, 2.45) is 0 Å². The summed E-state index contributed by atoms with van der Waals surface area (Å²) in [6.07, 6.45) is 1.08. The van der Waals surface area contributed by atoms with Crippen LogP contribution >= 0.6 is 27.5 Å². The van der Waals surface area contributed by atoms with Gasteiger partial charge in [-0.3, -0.25) is 0 Å². The van der Waals surface area contributed by atoms with E-state index in [0.717, 1.165) is 33.6 Å². The maximum absolute atomic E-state index is 6.23. The minimum atomic E-state index is 0.451. The molecule has 0 radical (unpaired) electrons. The third-order valence-electron chi connectivity index (χ3n) is 2.95. The first-order chi connectivity index (χ1) is 7.52. The fraction of sp³-hybridized carbons (Fsp3) is 0.538. The van der Waals surface area contributed by atoms with Gasteiger partial charge < -0.3 is 4.74 Å². The Morgan fingerprint density at radius 1 is 1.44 bits per heavy atom. The van der Waals surface area contributed by atoms with Gasteiger partial charge in [0.1, 0.15) is 5.75 Å². The van der Waals surface area contributed by atoms with Gasteiger partial charge in [0.2, 0.25) is 0 Å². The summed E-state index contributed by atoms with van der Waals surface area (Å²) in [6.45, 7) is 6.31. The Kier molecular flexibility index (Phi) is 5.13. The largest absolute Gasteiger partial charge is 0.496 e. The molecule has 0 bridgehead atoms. The summed E-state index contributed by atoms with van der Waals surface area (Å²) < 4.78 is 5.51. The third kappa shape index (κ3) is 2.72. The minimum Gasteiger partial charge on any atom is -0.496 e. The second kappa shape index (κ2) is 5.92. The van der Waals surface area contributed by atoms with Gasteiger partial charge in [-0.1, -0.05) is 34.5 Å². The standard InChI is InChI=1S/C13H18BrClO/c1-8(5-6-14)12-10(3)11(15)7-9(2)13(12)16-4/h7-8H,5-6H2,1-4H3. The number of methoxy groups -OCH3 is 1. The molecule has 1 rings (SSSR count). The van der Waals surface area contributed by atoms with Crippen LogP contribution in [0.2, 0.25) is 5.02 Å². The lowest BCUT2D eigenvalue weighted by Gasteiger charge is -2.20. The molecular formula is C13H18BrClO. The van der Waals surface area contributed by atoms with Crippen LogP contribution in [0.3, 0.4) is 0 Å². The number of ether oxygens (including phenoxy) is 1. The highest BCUT2D eigenvalue weighted by molar-refractivity contribution is 9.09. The maximum Gasteiger partial charge on any atom is 0.125 e. The lowest BCUT2D eigenvalue weighted by molar-refractivity contribution is 0.402. The minimum absolute atomic E-state index is 0.451. The zero-order valence-corrected chi connectivity index (χ0v) is 12.6. The van der Waals surface area contributed by atoms with Crippen LogP contribution in [0.4, 0.5) is 0 Å². The van der Waals surface area contributed by atoms with E-state index in [2.05, 4.69) is 29.8 Å². The molecule has 1 unspecified atom stereocenters. The van der Waals surface area contributed by atoms with Crippen LogP contribution in [-0.4, -0.2) is 12.4 Å². The molecule has 90 valence electrons. The monoisotopic (exact) mass is 304 g/mol. The molecular weight excluding hydrogens is 287 g/mol. The molecule has 0 aliphatic carbocycles. The highest BCUT2D eigenvalue weighted by Gasteiger charge is 2.18. The number of hydrogen-bond acceptors (Lipinski definition) is 1. The number of halogens is 2. The van der Waals surface area contributed by atoms with Crippen LogP contribution in [0.1, 0.15) is 36.0 Å². The summed E-state index contributed by atoms with van der Waals surface area (Å²) >= 11 is 9.71. The van der Waals surface area contributed by atoms with Crippen molar-refractivity contribution < 1.29 is 4.74 Å². The van der Waals surface area contributed by atoms with Crippen LogP contribution in [0, 0.1) is 13.8 Å². The molecule has 16 heavy (non-hydrogen) atoms. The maximum atomic E-state index is 6.23. The van der Waals surface area contributed by atoms with Crippen molar-refractivity contribution in [3.05, 3.63) is 27.8 Å². The number of benzene rings is 1. The second-order valence-electron chi connectivity index (χ2n) is 4.13. The molecule has 1 aromatic carbocycles. The van der Waals surface area contributed by atoms with Crippen LogP contribution < -0.4 is 4.74 Å². The van der Waals surface area contributed by atoms with Gasteiger partial charge in [-0.05, 0) is 43.4 Å². The molecule has 0 heterocycles. The van der Waals surface area contributed by atoms with Gasteiger partial charge in [-0.2, -0.15) is 0 Å². The van der Waals surface area contributed by atoms with Gasteiger partial charge in [0, 0.05) is 15.9 Å². The lowest BCUT2D eigenvalue weighted by Crippen LogP contribution is -2.03. The molecule has 1 aromatic rings. The summed E-state index contributed by atoms with van der Waals surface area (Å²) in [5.41, 5.74) is 3.49. The van der Waals surface area contributed by atoms with Crippen LogP contribution in [0.5, 0.6) is 5.75 Å². The second-order valence-corrected chi connectivity index (χ2v) is 5.33. The van der Waals surface area contributed by atoms with Crippen molar-refractivity contribution in [2.45, 2.75) is 33.1 Å². The van der Waals surface area contributed by atoms with E-state index in [9.17, 15) is 0 Å². The number of aryl methyl sites for hydroxylation is 1. The van der Waals surface area contributed by atoms with E-state index in [0.29, 0.717) is 5.92 Å². The quantitative estimate of drug-likeness (QED) is 0.722. The third-order valence-corrected chi connectivity index (χ3v) is 3.80. The zero-order valence-electron chi connectivity index (χ0n) is 10.2. The Morgan fingerprint density at radius 3 is 2.56 bits per heavy atom. The lowest BCUT2D eigenvalue weighted by atomic mass is 9.91. The topological polar surface area (TPSA) is 9.23 Å². The predicted molar refractivity (Wildman–Crippen MR) is 74.3 cm³/mol. The van der Waals surface area contributed by atoms with Crippen LogP contribution in [-0.2, 0) is 0 Å². The summed E-state index contributed by atoms with van der Waals surface area (Å²) in [7, 11) is 1.72. The van der Waals surface area contributed by atoms with Gasteiger partial charge in [0.15, 0.2) is 0 Å². The molecule has 0 aliphatic heterocycles. The van der Waals surface area contributed by atoms with E-state index in [4.69, 9.17) is 16.3 Å². The molecule has 0 aliphatic rings. The van der Waals surface area contributed by atoms with E-state index in [1.165, 1.54) is 5.56 Å². The number of alkyl halides is 1. The molecule has 1 atom stereocenters. The Hall–Kier alpha value is -0.210. The number of hydrogen-bond donors (Lipinski definition) is 0. The fourth-order valence-corrected chi connectivity index (χ4v) is 3.00. The van der Waals surface area contributed by atoms with Gasteiger partial charge in [-0.15, -0.1) is 0 Å². The molecule has 0 saturated heterocycles. The molecule has 3 heteroatoms. The summed E-state index contributed by atoms with van der Waals surface area (Å²) in [6, 6.07) is 1.97. The van der Waals surface area contributed by atoms with E-state index < -0.39 is 0 Å². The van der Waals surface area contributed by atoms with E-state index >= 15 is 0 Å². The Morgan fingerprint density at radius 2 is 2.06 bits per heavy atom. The fourth-order valence-electron chi connectivity index (χ4n) is 2.05. The first-order valence-corrected chi connectivity index (χ1v) is 6.92. The SMILES string of the molecule is COc1c(C)cc(Cl)c(C)c1C(C)CCBr. The molecule has 0 aromatic heterocycles. The first-order valence-electron chi connectivity index (χ1n) is 5.42. The summed E-state index contributed by atoms with van der Waals surface area (Å²) in [5.74, 6) is 1.43. The average Bonchev–Trinajstić information content (AvgIpc) is 2.23. The van der Waals surface area contributed by atoms with Crippen molar-refractivity contribution in [3.63, 3.8) is 0 Å². The van der Waals surface area contributed by atoms with E-state index in [-0.39, 0.29) is 0 Å². The van der Waals surface area contributed by atoms with E-state index in [1.54, 1.807) is 7.11 Å². The normalized spacial score (nSPS) is 12.6. The van der Waals surface area contributed by atoms with Gasteiger partial charge in [0.25, 0.3) is 0 Å². The molecule has 0 amide bonds. The van der Waals surface area contributed by atoms with Gasteiger partial charge >= 0.3 is 0 Å². The molecule has 1 nitrogen and oxygen atoms in total. The molecule has 0 N–H and O–H groups in total. The Balaban J connectivity index is 3.32. The average molecular weight is 306 g/mol. The Bertz CT molecular complexity index is 377. The van der Waals surface area contributed by atoms with Gasteiger partial charge in [0.05, 0.1) is 7.11 Å². The van der Waals surface area contributed by atoms with Crippen molar-refractivity contribution in [1.82, 2.24) is 0 Å².